The first-order chi connectivity index (χ1) is 17.4. The lowest BCUT2D eigenvalue weighted by molar-refractivity contribution is -0.137. The quantitative estimate of drug-likeness (QED) is 0.366. The van der Waals surface area contributed by atoms with Gasteiger partial charge >= 0.3 is 6.18 Å². The van der Waals surface area contributed by atoms with E-state index in [-0.39, 0.29) is 16.3 Å². The summed E-state index contributed by atoms with van der Waals surface area (Å²) in [5.41, 5.74) is 1.01. The molecule has 0 bridgehead atoms. The first-order valence-corrected chi connectivity index (χ1v) is 13.4. The summed E-state index contributed by atoms with van der Waals surface area (Å²) in [6.07, 6.45) is -2.82. The van der Waals surface area contributed by atoms with Crippen molar-refractivity contribution in [1.29, 1.82) is 0 Å². The zero-order chi connectivity index (χ0) is 26.8. The molecule has 4 rings (SSSR count). The molecule has 2 N–H and O–H groups in total. The lowest BCUT2D eigenvalue weighted by atomic mass is 10.0. The summed E-state index contributed by atoms with van der Waals surface area (Å²) in [6, 6.07) is 15.7. The Balaban J connectivity index is 1.65. The second-order valence-electron chi connectivity index (χ2n) is 9.29. The number of rotatable bonds is 7. The number of nitrogens with zero attached hydrogens (tertiary/aromatic N) is 1. The molecule has 10 heteroatoms. The average molecular weight is 532 g/mol. The van der Waals surface area contributed by atoms with Crippen molar-refractivity contribution in [3.63, 3.8) is 0 Å². The van der Waals surface area contributed by atoms with Gasteiger partial charge in [0.2, 0.25) is 0 Å². The van der Waals surface area contributed by atoms with E-state index in [9.17, 15) is 26.4 Å². The van der Waals surface area contributed by atoms with Crippen molar-refractivity contribution in [3.8, 4) is 0 Å². The molecule has 3 aromatic rings. The molecular weight excluding hydrogens is 503 g/mol. The highest BCUT2D eigenvalue weighted by Crippen LogP contribution is 2.34. The third-order valence-electron chi connectivity index (χ3n) is 6.24. The van der Waals surface area contributed by atoms with Crippen molar-refractivity contribution < 1.29 is 26.4 Å². The molecule has 0 radical (unpaired) electrons. The second-order valence-corrected chi connectivity index (χ2v) is 10.9. The van der Waals surface area contributed by atoms with E-state index in [4.69, 9.17) is 0 Å². The minimum absolute atomic E-state index is 0.125. The first kappa shape index (κ1) is 26.5. The van der Waals surface area contributed by atoms with E-state index in [0.717, 1.165) is 36.6 Å². The van der Waals surface area contributed by atoms with Crippen molar-refractivity contribution in [2.24, 2.45) is 0 Å². The van der Waals surface area contributed by atoms with Crippen LogP contribution in [0.4, 0.5) is 30.2 Å². The largest absolute Gasteiger partial charge is 0.416 e. The van der Waals surface area contributed by atoms with E-state index < -0.39 is 27.7 Å². The molecular formula is C27H28F3N3O3S. The molecule has 3 aromatic carbocycles. The molecule has 196 valence electrons. The SMILES string of the molecule is CC(C)c1ccc(C(=O)Nc2ccc(N3CCCC3)c(S(=O)(=O)Nc3cccc(C(F)(F)F)c3)c2)cc1. The van der Waals surface area contributed by atoms with Crippen LogP contribution in [-0.2, 0) is 16.2 Å². The molecule has 1 aliphatic heterocycles. The lowest BCUT2D eigenvalue weighted by Gasteiger charge is -2.22. The Morgan fingerprint density at radius 2 is 1.59 bits per heavy atom. The van der Waals surface area contributed by atoms with Gasteiger partial charge in [0.05, 0.1) is 11.3 Å². The van der Waals surface area contributed by atoms with Crippen LogP contribution in [0.2, 0.25) is 0 Å². The van der Waals surface area contributed by atoms with Crippen LogP contribution in [0.15, 0.2) is 71.6 Å². The Bertz CT molecular complexity index is 1380. The molecule has 0 aromatic heterocycles. The van der Waals surface area contributed by atoms with Crippen molar-refractivity contribution in [3.05, 3.63) is 83.4 Å². The summed E-state index contributed by atoms with van der Waals surface area (Å²) in [5.74, 6) is -0.0919. The minimum atomic E-state index is -4.61. The van der Waals surface area contributed by atoms with Gasteiger partial charge in [0, 0.05) is 30.0 Å². The number of carbonyl (C=O) groups excluding carboxylic acids is 1. The second kappa shape index (κ2) is 10.5. The van der Waals surface area contributed by atoms with Crippen LogP contribution in [-0.4, -0.2) is 27.4 Å². The van der Waals surface area contributed by atoms with Gasteiger partial charge in [0.25, 0.3) is 15.9 Å². The molecule has 0 aliphatic carbocycles. The maximum absolute atomic E-state index is 13.4. The fraction of sp³-hybridized carbons (Fsp3) is 0.296. The third kappa shape index (κ3) is 6.25. The third-order valence-corrected chi connectivity index (χ3v) is 7.65. The number of anilines is 3. The predicted octanol–water partition coefficient (Wildman–Crippen LogP) is 6.48. The van der Waals surface area contributed by atoms with Crippen LogP contribution in [0.3, 0.4) is 0 Å². The summed E-state index contributed by atoms with van der Waals surface area (Å²) in [5, 5.41) is 2.73. The normalized spacial score (nSPS) is 14.2. The van der Waals surface area contributed by atoms with E-state index in [1.165, 1.54) is 12.1 Å². The van der Waals surface area contributed by atoms with Gasteiger partial charge in [-0.05, 0) is 72.9 Å². The predicted molar refractivity (Wildman–Crippen MR) is 139 cm³/mol. The maximum atomic E-state index is 13.4. The fourth-order valence-electron chi connectivity index (χ4n) is 4.22. The van der Waals surface area contributed by atoms with Gasteiger partial charge in [-0.25, -0.2) is 8.42 Å². The number of amides is 1. The number of alkyl halides is 3. The highest BCUT2D eigenvalue weighted by atomic mass is 32.2. The van der Waals surface area contributed by atoms with Gasteiger partial charge in [-0.15, -0.1) is 0 Å². The monoisotopic (exact) mass is 531 g/mol. The van der Waals surface area contributed by atoms with Crippen molar-refractivity contribution in [1.82, 2.24) is 0 Å². The molecule has 1 saturated heterocycles. The highest BCUT2D eigenvalue weighted by Gasteiger charge is 2.31. The smallest absolute Gasteiger partial charge is 0.370 e. The number of nitrogens with one attached hydrogen (secondary N) is 2. The summed E-state index contributed by atoms with van der Waals surface area (Å²) >= 11 is 0. The average Bonchev–Trinajstić information content (AvgIpc) is 3.38. The molecule has 6 nitrogen and oxygen atoms in total. The molecule has 1 amide bonds. The lowest BCUT2D eigenvalue weighted by Crippen LogP contribution is -2.23. The van der Waals surface area contributed by atoms with Crippen molar-refractivity contribution in [2.75, 3.05) is 28.0 Å². The van der Waals surface area contributed by atoms with Crippen LogP contribution in [0.5, 0.6) is 0 Å². The van der Waals surface area contributed by atoms with Crippen molar-refractivity contribution in [2.45, 2.75) is 43.7 Å². The number of hydrogen-bond acceptors (Lipinski definition) is 4. The zero-order valence-electron chi connectivity index (χ0n) is 20.5. The number of hydrogen-bond donors (Lipinski definition) is 2. The van der Waals surface area contributed by atoms with Gasteiger partial charge in [-0.1, -0.05) is 32.0 Å². The fourth-order valence-corrected chi connectivity index (χ4v) is 5.52. The Kier molecular flexibility index (Phi) is 7.49. The molecule has 0 spiro atoms. The van der Waals surface area contributed by atoms with Crippen LogP contribution in [0, 0.1) is 0 Å². The van der Waals surface area contributed by atoms with E-state index in [1.807, 2.05) is 30.9 Å². The number of sulfonamides is 1. The van der Waals surface area contributed by atoms with Gasteiger partial charge < -0.3 is 10.2 Å². The van der Waals surface area contributed by atoms with Crippen LogP contribution >= 0.6 is 0 Å². The summed E-state index contributed by atoms with van der Waals surface area (Å²) in [7, 11) is -4.29. The molecule has 1 aliphatic rings. The maximum Gasteiger partial charge on any atom is 0.416 e. The van der Waals surface area contributed by atoms with Crippen LogP contribution < -0.4 is 14.9 Å². The number of halogens is 3. The molecule has 1 heterocycles. The summed E-state index contributed by atoms with van der Waals surface area (Å²) in [6.45, 7) is 5.40. The van der Waals surface area contributed by atoms with E-state index in [2.05, 4.69) is 10.0 Å². The molecule has 37 heavy (non-hydrogen) atoms. The summed E-state index contributed by atoms with van der Waals surface area (Å²) < 4.78 is 68.5. The van der Waals surface area contributed by atoms with E-state index >= 15 is 0 Å². The Morgan fingerprint density at radius 1 is 0.919 bits per heavy atom. The number of benzene rings is 3. The molecule has 0 unspecified atom stereocenters. The van der Waals surface area contributed by atoms with Gasteiger partial charge in [0.1, 0.15) is 4.90 Å². The molecule has 0 atom stereocenters. The van der Waals surface area contributed by atoms with Crippen molar-refractivity contribution >= 4 is 33.0 Å². The number of carbonyl (C=O) groups is 1. The van der Waals surface area contributed by atoms with E-state index in [0.29, 0.717) is 30.3 Å². The van der Waals surface area contributed by atoms with Gasteiger partial charge in [-0.2, -0.15) is 13.2 Å². The van der Waals surface area contributed by atoms with Gasteiger partial charge in [-0.3, -0.25) is 9.52 Å². The Hall–Kier alpha value is -3.53. The zero-order valence-corrected chi connectivity index (χ0v) is 21.3. The van der Waals surface area contributed by atoms with Crippen LogP contribution in [0.25, 0.3) is 0 Å². The molecule has 1 fully saturated rings. The Morgan fingerprint density at radius 3 is 2.22 bits per heavy atom. The molecule has 0 saturated carbocycles. The van der Waals surface area contributed by atoms with Crippen LogP contribution in [0.1, 0.15) is 54.1 Å². The topological polar surface area (TPSA) is 78.5 Å². The minimum Gasteiger partial charge on any atom is -0.370 e. The summed E-state index contributed by atoms with van der Waals surface area (Å²) in [4.78, 5) is 14.6. The standard InChI is InChI=1S/C27H28F3N3O3S/c1-18(2)19-8-10-20(11-9-19)26(34)31-22-12-13-24(33-14-3-4-15-33)25(17-22)37(35,36)32-23-7-5-6-21(16-23)27(28,29)30/h5-13,16-18,32H,3-4,14-15H2,1-2H3,(H,31,34). The first-order valence-electron chi connectivity index (χ1n) is 11.9. The Labute approximate surface area is 214 Å². The highest BCUT2D eigenvalue weighted by molar-refractivity contribution is 7.92. The van der Waals surface area contributed by atoms with E-state index in [1.54, 1.807) is 24.3 Å². The van der Waals surface area contributed by atoms with Gasteiger partial charge in [0.15, 0.2) is 0 Å².